The lowest BCUT2D eigenvalue weighted by atomic mass is 10.3. The van der Waals surface area contributed by atoms with Gasteiger partial charge in [0, 0.05) is 21.5 Å². The summed E-state index contributed by atoms with van der Waals surface area (Å²) in [6, 6.07) is 9.17. The summed E-state index contributed by atoms with van der Waals surface area (Å²) in [5.74, 6) is -0.768. The van der Waals surface area contributed by atoms with E-state index in [1.54, 1.807) is 31.4 Å². The summed E-state index contributed by atoms with van der Waals surface area (Å²) < 4.78 is 47.0. The molecular formula is C14H12F3NO2S. The van der Waals surface area contributed by atoms with Crippen LogP contribution in [-0.4, -0.2) is 13.7 Å². The van der Waals surface area contributed by atoms with Crippen LogP contribution in [0.2, 0.25) is 0 Å². The molecule has 7 heteroatoms. The number of anilines is 1. The molecule has 0 saturated heterocycles. The van der Waals surface area contributed by atoms with Gasteiger partial charge in [0.2, 0.25) is 0 Å². The molecule has 0 unspecified atom stereocenters. The maximum absolute atomic E-state index is 13.5. The maximum Gasteiger partial charge on any atom is 0.387 e. The van der Waals surface area contributed by atoms with Crippen LogP contribution < -0.4 is 15.2 Å². The Morgan fingerprint density at radius 1 is 1.14 bits per heavy atom. The number of nitrogens with two attached hydrogens (primary N) is 1. The average molecular weight is 315 g/mol. The molecule has 2 N–H and O–H groups in total. The first-order valence-corrected chi connectivity index (χ1v) is 6.67. The van der Waals surface area contributed by atoms with Crippen LogP contribution in [0.25, 0.3) is 0 Å². The number of hydrogen-bond acceptors (Lipinski definition) is 4. The van der Waals surface area contributed by atoms with Gasteiger partial charge in [-0.2, -0.15) is 8.78 Å². The number of hydrogen-bond donors (Lipinski definition) is 1. The molecule has 0 aliphatic carbocycles. The highest BCUT2D eigenvalue weighted by atomic mass is 32.2. The van der Waals surface area contributed by atoms with E-state index in [2.05, 4.69) is 4.74 Å². The third kappa shape index (κ3) is 3.98. The van der Waals surface area contributed by atoms with Crippen LogP contribution in [0.15, 0.2) is 46.2 Å². The number of methoxy groups -OCH3 is 1. The average Bonchev–Trinajstić information content (AvgIpc) is 2.44. The van der Waals surface area contributed by atoms with Crippen LogP contribution in [0, 0.1) is 5.82 Å². The van der Waals surface area contributed by atoms with Gasteiger partial charge in [-0.25, -0.2) is 4.39 Å². The Balaban J connectivity index is 2.25. The lowest BCUT2D eigenvalue weighted by molar-refractivity contribution is -0.0523. The standard InChI is InChI=1S/C14H12F3NO2S/c1-19-8-2-4-9(5-3-8)21-13-7-12(20-14(16)17)10(15)6-11(13)18/h2-7,14H,18H2,1H3. The van der Waals surface area contributed by atoms with Gasteiger partial charge in [0.25, 0.3) is 0 Å². The molecule has 3 nitrogen and oxygen atoms in total. The van der Waals surface area contributed by atoms with Crippen LogP contribution in [0.4, 0.5) is 18.9 Å². The first-order valence-electron chi connectivity index (χ1n) is 5.85. The zero-order valence-electron chi connectivity index (χ0n) is 11.0. The molecule has 0 amide bonds. The molecule has 0 heterocycles. The van der Waals surface area contributed by atoms with Gasteiger partial charge in [-0.15, -0.1) is 0 Å². The molecule has 2 aromatic carbocycles. The van der Waals surface area contributed by atoms with E-state index in [1.807, 2.05) is 0 Å². The number of rotatable bonds is 5. The van der Waals surface area contributed by atoms with Gasteiger partial charge in [-0.05, 0) is 30.3 Å². The predicted octanol–water partition coefficient (Wildman–Crippen LogP) is 4.17. The number of nitrogen functional groups attached to an aromatic ring is 1. The van der Waals surface area contributed by atoms with E-state index in [0.717, 1.165) is 17.0 Å². The van der Waals surface area contributed by atoms with Crippen molar-refractivity contribution in [3.8, 4) is 11.5 Å². The van der Waals surface area contributed by atoms with Crippen molar-refractivity contribution in [2.75, 3.05) is 12.8 Å². The van der Waals surface area contributed by atoms with Crippen molar-refractivity contribution in [3.63, 3.8) is 0 Å². The second-order valence-electron chi connectivity index (χ2n) is 3.98. The Morgan fingerprint density at radius 3 is 2.38 bits per heavy atom. The van der Waals surface area contributed by atoms with Gasteiger partial charge in [-0.3, -0.25) is 0 Å². The largest absolute Gasteiger partial charge is 0.497 e. The van der Waals surface area contributed by atoms with Gasteiger partial charge in [-0.1, -0.05) is 11.8 Å². The molecule has 2 aromatic rings. The Morgan fingerprint density at radius 2 is 1.81 bits per heavy atom. The summed E-state index contributed by atoms with van der Waals surface area (Å²) in [5.41, 5.74) is 5.84. The third-order valence-electron chi connectivity index (χ3n) is 2.57. The van der Waals surface area contributed by atoms with Crippen LogP contribution in [-0.2, 0) is 0 Å². The van der Waals surface area contributed by atoms with Crippen LogP contribution in [0.3, 0.4) is 0 Å². The minimum atomic E-state index is -3.10. The Bertz CT molecular complexity index is 620. The molecule has 0 aliphatic heterocycles. The molecule has 0 saturated carbocycles. The Kier molecular flexibility index (Phi) is 4.85. The number of benzene rings is 2. The van der Waals surface area contributed by atoms with Gasteiger partial charge < -0.3 is 15.2 Å². The lowest BCUT2D eigenvalue weighted by Crippen LogP contribution is -2.04. The SMILES string of the molecule is COc1ccc(Sc2cc(OC(F)F)c(F)cc2N)cc1. The van der Waals surface area contributed by atoms with Crippen LogP contribution in [0.1, 0.15) is 0 Å². The van der Waals surface area contributed by atoms with Crippen molar-refractivity contribution in [2.45, 2.75) is 16.4 Å². The monoisotopic (exact) mass is 315 g/mol. The second kappa shape index (κ2) is 6.62. The van der Waals surface area contributed by atoms with E-state index < -0.39 is 18.2 Å². The van der Waals surface area contributed by atoms with Gasteiger partial charge in [0.15, 0.2) is 11.6 Å². The molecule has 21 heavy (non-hydrogen) atoms. The molecule has 0 atom stereocenters. The van der Waals surface area contributed by atoms with Gasteiger partial charge >= 0.3 is 6.61 Å². The first kappa shape index (κ1) is 15.4. The molecule has 0 aromatic heterocycles. The zero-order chi connectivity index (χ0) is 15.4. The van der Waals surface area contributed by atoms with Crippen molar-refractivity contribution in [1.82, 2.24) is 0 Å². The minimum Gasteiger partial charge on any atom is -0.497 e. The zero-order valence-corrected chi connectivity index (χ0v) is 11.8. The van der Waals surface area contributed by atoms with Crippen molar-refractivity contribution < 1.29 is 22.6 Å². The summed E-state index contributed by atoms with van der Waals surface area (Å²) in [4.78, 5) is 1.23. The predicted molar refractivity (Wildman–Crippen MR) is 74.6 cm³/mol. The molecule has 0 radical (unpaired) electrons. The van der Waals surface area contributed by atoms with Gasteiger partial charge in [0.05, 0.1) is 7.11 Å². The highest BCUT2D eigenvalue weighted by Crippen LogP contribution is 2.37. The van der Waals surface area contributed by atoms with Crippen molar-refractivity contribution >= 4 is 17.4 Å². The minimum absolute atomic E-state index is 0.148. The van der Waals surface area contributed by atoms with Crippen LogP contribution >= 0.6 is 11.8 Å². The molecule has 112 valence electrons. The van der Waals surface area contributed by atoms with E-state index in [4.69, 9.17) is 10.5 Å². The molecule has 2 rings (SSSR count). The molecule has 0 aliphatic rings. The summed E-state index contributed by atoms with van der Waals surface area (Å²) in [6.07, 6.45) is 0. The summed E-state index contributed by atoms with van der Waals surface area (Å²) >= 11 is 1.21. The number of alkyl halides is 2. The fraction of sp³-hybridized carbons (Fsp3) is 0.143. The van der Waals surface area contributed by atoms with E-state index in [1.165, 1.54) is 11.8 Å². The van der Waals surface area contributed by atoms with E-state index in [0.29, 0.717) is 10.6 Å². The molecule has 0 spiro atoms. The highest BCUT2D eigenvalue weighted by Gasteiger charge is 2.14. The number of ether oxygens (including phenoxy) is 2. The van der Waals surface area contributed by atoms with Gasteiger partial charge in [0.1, 0.15) is 5.75 Å². The van der Waals surface area contributed by atoms with E-state index in [9.17, 15) is 13.2 Å². The summed E-state index contributed by atoms with van der Waals surface area (Å²) in [7, 11) is 1.55. The van der Waals surface area contributed by atoms with E-state index in [-0.39, 0.29) is 5.69 Å². The third-order valence-corrected chi connectivity index (χ3v) is 3.65. The van der Waals surface area contributed by atoms with Crippen molar-refractivity contribution in [1.29, 1.82) is 0 Å². The fourth-order valence-electron chi connectivity index (χ4n) is 1.60. The Labute approximate surface area is 123 Å². The summed E-state index contributed by atoms with van der Waals surface area (Å²) in [6.45, 7) is -3.10. The normalized spacial score (nSPS) is 10.7. The topological polar surface area (TPSA) is 44.5 Å². The molecular weight excluding hydrogens is 303 g/mol. The fourth-order valence-corrected chi connectivity index (χ4v) is 2.46. The maximum atomic E-state index is 13.5. The Hall–Kier alpha value is -2.02. The van der Waals surface area contributed by atoms with E-state index >= 15 is 0 Å². The van der Waals surface area contributed by atoms with Crippen LogP contribution in [0.5, 0.6) is 11.5 Å². The highest BCUT2D eigenvalue weighted by molar-refractivity contribution is 7.99. The number of halogens is 3. The quantitative estimate of drug-likeness (QED) is 0.841. The van der Waals surface area contributed by atoms with Crippen molar-refractivity contribution in [3.05, 3.63) is 42.2 Å². The van der Waals surface area contributed by atoms with Crippen molar-refractivity contribution in [2.24, 2.45) is 0 Å². The first-order chi connectivity index (χ1) is 9.99. The smallest absolute Gasteiger partial charge is 0.387 e. The molecule has 0 bridgehead atoms. The summed E-state index contributed by atoms with van der Waals surface area (Å²) in [5, 5.41) is 0. The lowest BCUT2D eigenvalue weighted by Gasteiger charge is -2.11. The molecule has 0 fully saturated rings. The second-order valence-corrected chi connectivity index (χ2v) is 5.09.